The number of rotatable bonds is 5. The maximum absolute atomic E-state index is 6.65. The van der Waals surface area contributed by atoms with Crippen molar-refractivity contribution in [1.82, 2.24) is 0 Å². The molecular formula is C43H29Cl. The minimum Gasteiger partial charge on any atom is -0.0843 e. The molecule has 0 aliphatic heterocycles. The second kappa shape index (κ2) is 10.8. The van der Waals surface area contributed by atoms with E-state index >= 15 is 0 Å². The van der Waals surface area contributed by atoms with Crippen molar-refractivity contribution in [2.75, 3.05) is 0 Å². The van der Waals surface area contributed by atoms with Gasteiger partial charge in [0.15, 0.2) is 0 Å². The van der Waals surface area contributed by atoms with Gasteiger partial charge in [0.2, 0.25) is 0 Å². The monoisotopic (exact) mass is 580 g/mol. The van der Waals surface area contributed by atoms with Crippen LogP contribution in [0.15, 0.2) is 176 Å². The Hall–Kier alpha value is -5.17. The lowest BCUT2D eigenvalue weighted by Gasteiger charge is -2.34. The Morgan fingerprint density at radius 1 is 0.318 bits per heavy atom. The molecule has 1 aliphatic rings. The summed E-state index contributed by atoms with van der Waals surface area (Å²) < 4.78 is 0. The van der Waals surface area contributed by atoms with Crippen LogP contribution in [0.4, 0.5) is 0 Å². The second-order valence-corrected chi connectivity index (χ2v) is 11.8. The summed E-state index contributed by atoms with van der Waals surface area (Å²) in [7, 11) is 0. The van der Waals surface area contributed by atoms with Gasteiger partial charge in [0.25, 0.3) is 0 Å². The minimum absolute atomic E-state index is 0.440. The summed E-state index contributed by atoms with van der Waals surface area (Å²) in [4.78, 5) is 0. The van der Waals surface area contributed by atoms with E-state index in [0.717, 1.165) is 21.7 Å². The van der Waals surface area contributed by atoms with Crippen LogP contribution >= 0.6 is 11.6 Å². The number of benzene rings is 7. The first-order valence-electron chi connectivity index (χ1n) is 15.1. The molecule has 0 N–H and O–H groups in total. The van der Waals surface area contributed by atoms with E-state index in [4.69, 9.17) is 11.6 Å². The largest absolute Gasteiger partial charge is 0.0843 e. The van der Waals surface area contributed by atoms with Gasteiger partial charge in [-0.15, -0.1) is 0 Å². The van der Waals surface area contributed by atoms with Crippen molar-refractivity contribution in [2.24, 2.45) is 0 Å². The molecule has 208 valence electrons. The van der Waals surface area contributed by atoms with Gasteiger partial charge in [0.05, 0.1) is 5.41 Å². The van der Waals surface area contributed by atoms with Crippen LogP contribution in [0, 0.1) is 0 Å². The van der Waals surface area contributed by atoms with Gasteiger partial charge < -0.3 is 0 Å². The van der Waals surface area contributed by atoms with Crippen LogP contribution in [0.2, 0.25) is 5.02 Å². The molecule has 7 aromatic rings. The fourth-order valence-electron chi connectivity index (χ4n) is 7.21. The number of hydrogen-bond acceptors (Lipinski definition) is 0. The molecule has 1 heteroatoms. The van der Waals surface area contributed by atoms with Crippen LogP contribution in [0.5, 0.6) is 0 Å². The minimum atomic E-state index is -0.440. The van der Waals surface area contributed by atoms with E-state index in [0.29, 0.717) is 0 Å². The number of hydrogen-bond donors (Lipinski definition) is 0. The standard InChI is InChI=1S/C43H29Cl/c44-34-26-27-36(30-14-3-1-4-15-30)40(29-34)37-21-8-7-20-35(37)31-16-13-19-33(28-31)43(32-17-5-2-6-18-32)41-24-11-9-22-38(41)39-23-10-12-25-42(39)43/h1-29H. The zero-order valence-corrected chi connectivity index (χ0v) is 24.9. The van der Waals surface area contributed by atoms with E-state index in [9.17, 15) is 0 Å². The Balaban J connectivity index is 1.38. The topological polar surface area (TPSA) is 0 Å². The third-order valence-corrected chi connectivity index (χ3v) is 9.28. The third kappa shape index (κ3) is 4.14. The molecule has 0 amide bonds. The van der Waals surface area contributed by atoms with Crippen molar-refractivity contribution in [3.63, 3.8) is 0 Å². The predicted octanol–water partition coefficient (Wildman–Crippen LogP) is 11.7. The molecule has 0 nitrogen and oxygen atoms in total. The van der Waals surface area contributed by atoms with Crippen LogP contribution in [0.25, 0.3) is 44.5 Å². The molecule has 0 saturated heterocycles. The zero-order valence-electron chi connectivity index (χ0n) is 24.1. The fourth-order valence-corrected chi connectivity index (χ4v) is 7.38. The first kappa shape index (κ1) is 26.5. The highest BCUT2D eigenvalue weighted by atomic mass is 35.5. The number of fused-ring (bicyclic) bond motifs is 3. The van der Waals surface area contributed by atoms with Crippen molar-refractivity contribution >= 4 is 11.6 Å². The maximum Gasteiger partial charge on any atom is 0.0713 e. The van der Waals surface area contributed by atoms with Crippen molar-refractivity contribution in [3.05, 3.63) is 203 Å². The first-order chi connectivity index (χ1) is 21.7. The molecule has 0 spiro atoms. The van der Waals surface area contributed by atoms with Crippen LogP contribution in [-0.4, -0.2) is 0 Å². The molecular weight excluding hydrogens is 552 g/mol. The van der Waals surface area contributed by atoms with E-state index in [1.165, 1.54) is 50.1 Å². The molecule has 1 aliphatic carbocycles. The first-order valence-corrected chi connectivity index (χ1v) is 15.4. The molecule has 0 radical (unpaired) electrons. The Labute approximate surface area is 263 Å². The van der Waals surface area contributed by atoms with Crippen molar-refractivity contribution < 1.29 is 0 Å². The van der Waals surface area contributed by atoms with Gasteiger partial charge in [-0.3, -0.25) is 0 Å². The van der Waals surface area contributed by atoms with Crippen LogP contribution in [-0.2, 0) is 5.41 Å². The predicted molar refractivity (Wildman–Crippen MR) is 185 cm³/mol. The summed E-state index contributed by atoms with van der Waals surface area (Å²) in [6.07, 6.45) is 0. The molecule has 44 heavy (non-hydrogen) atoms. The lowest BCUT2D eigenvalue weighted by molar-refractivity contribution is 0.769. The van der Waals surface area contributed by atoms with Crippen molar-refractivity contribution in [1.29, 1.82) is 0 Å². The second-order valence-electron chi connectivity index (χ2n) is 11.4. The van der Waals surface area contributed by atoms with E-state index in [1.54, 1.807) is 0 Å². The molecule has 0 atom stereocenters. The number of halogens is 1. The van der Waals surface area contributed by atoms with Crippen LogP contribution in [0.1, 0.15) is 22.3 Å². The summed E-state index contributed by atoms with van der Waals surface area (Å²) in [5.41, 5.74) is 14.3. The Morgan fingerprint density at radius 2 is 0.818 bits per heavy atom. The summed E-state index contributed by atoms with van der Waals surface area (Å²) in [6.45, 7) is 0. The maximum atomic E-state index is 6.65. The smallest absolute Gasteiger partial charge is 0.0713 e. The molecule has 0 saturated carbocycles. The lowest BCUT2D eigenvalue weighted by atomic mass is 9.67. The highest BCUT2D eigenvalue weighted by Crippen LogP contribution is 2.56. The van der Waals surface area contributed by atoms with E-state index in [1.807, 2.05) is 6.07 Å². The third-order valence-electron chi connectivity index (χ3n) is 9.05. The molecule has 0 unspecified atom stereocenters. The van der Waals surface area contributed by atoms with Crippen molar-refractivity contribution in [3.8, 4) is 44.5 Å². The van der Waals surface area contributed by atoms with Gasteiger partial charge in [-0.05, 0) is 85.0 Å². The molecule has 0 heterocycles. The lowest BCUT2D eigenvalue weighted by Crippen LogP contribution is -2.28. The fraction of sp³-hybridized carbons (Fsp3) is 0.0233. The zero-order chi connectivity index (χ0) is 29.5. The van der Waals surface area contributed by atoms with Gasteiger partial charge in [-0.1, -0.05) is 169 Å². The molecule has 8 rings (SSSR count). The van der Waals surface area contributed by atoms with Gasteiger partial charge in [-0.25, -0.2) is 0 Å². The van der Waals surface area contributed by atoms with Crippen LogP contribution < -0.4 is 0 Å². The van der Waals surface area contributed by atoms with E-state index in [-0.39, 0.29) is 0 Å². The normalized spacial score (nSPS) is 12.8. The molecule has 0 bridgehead atoms. The van der Waals surface area contributed by atoms with Gasteiger partial charge in [0, 0.05) is 5.02 Å². The molecule has 7 aromatic carbocycles. The highest BCUT2D eigenvalue weighted by Gasteiger charge is 2.45. The van der Waals surface area contributed by atoms with E-state index in [2.05, 4.69) is 170 Å². The highest BCUT2D eigenvalue weighted by molar-refractivity contribution is 6.31. The van der Waals surface area contributed by atoms with Crippen LogP contribution in [0.3, 0.4) is 0 Å². The SMILES string of the molecule is Clc1ccc(-c2ccccc2)c(-c2ccccc2-c2cccc(C3(c4ccccc4)c4ccccc4-c4ccccc43)c2)c1. The summed E-state index contributed by atoms with van der Waals surface area (Å²) in [6, 6.07) is 63.4. The van der Waals surface area contributed by atoms with Crippen molar-refractivity contribution in [2.45, 2.75) is 5.41 Å². The summed E-state index contributed by atoms with van der Waals surface area (Å²) in [5.74, 6) is 0. The van der Waals surface area contributed by atoms with Gasteiger partial charge >= 0.3 is 0 Å². The van der Waals surface area contributed by atoms with E-state index < -0.39 is 5.41 Å². The quantitative estimate of drug-likeness (QED) is 0.190. The molecule has 0 aromatic heterocycles. The Bertz CT molecular complexity index is 2080. The van der Waals surface area contributed by atoms with Gasteiger partial charge in [-0.2, -0.15) is 0 Å². The van der Waals surface area contributed by atoms with Gasteiger partial charge in [0.1, 0.15) is 0 Å². The Kier molecular flexibility index (Phi) is 6.51. The summed E-state index contributed by atoms with van der Waals surface area (Å²) >= 11 is 6.65. The average Bonchev–Trinajstić information content (AvgIpc) is 3.40. The Morgan fingerprint density at radius 3 is 1.50 bits per heavy atom. The summed E-state index contributed by atoms with van der Waals surface area (Å²) in [5, 5.41) is 0.727. The average molecular weight is 581 g/mol. The molecule has 0 fully saturated rings.